The highest BCUT2D eigenvalue weighted by molar-refractivity contribution is 8.15. The van der Waals surface area contributed by atoms with Crippen LogP contribution in [0.15, 0.2) is 28.4 Å². The summed E-state index contributed by atoms with van der Waals surface area (Å²) in [4.78, 5) is 22.4. The molecule has 0 aliphatic carbocycles. The van der Waals surface area contributed by atoms with Gasteiger partial charge in [-0.25, -0.2) is 0 Å². The van der Waals surface area contributed by atoms with Gasteiger partial charge in [0.2, 0.25) is 12.7 Å². The molecule has 0 unspecified atom stereocenters. The molecule has 0 bridgehead atoms. The fourth-order valence-corrected chi connectivity index (χ4v) is 3.19. The number of ether oxygens (including phenoxy) is 2. The van der Waals surface area contributed by atoms with Crippen LogP contribution in [0.4, 0.5) is 0 Å². The smallest absolute Gasteiger partial charge is 0.231 e. The highest BCUT2D eigenvalue weighted by Crippen LogP contribution is 2.32. The van der Waals surface area contributed by atoms with E-state index in [1.807, 2.05) is 25.1 Å². The van der Waals surface area contributed by atoms with E-state index in [4.69, 9.17) is 9.47 Å². The van der Waals surface area contributed by atoms with Crippen molar-refractivity contribution < 1.29 is 24.2 Å². The molecule has 2 aliphatic rings. The highest BCUT2D eigenvalue weighted by Gasteiger charge is 2.25. The Labute approximate surface area is 148 Å². The van der Waals surface area contributed by atoms with Crippen molar-refractivity contribution in [2.24, 2.45) is 10.2 Å². The van der Waals surface area contributed by atoms with Crippen LogP contribution in [0, 0.1) is 0 Å². The van der Waals surface area contributed by atoms with Crippen LogP contribution in [0.2, 0.25) is 0 Å². The van der Waals surface area contributed by atoms with Gasteiger partial charge in [-0.05, 0) is 37.5 Å². The molecule has 1 amide bonds. The molecule has 3 rings (SSSR count). The molecule has 8 nitrogen and oxygen atoms in total. The monoisotopic (exact) mass is 362 g/mol. The van der Waals surface area contributed by atoms with Crippen molar-refractivity contribution in [2.45, 2.75) is 31.4 Å². The molecule has 0 saturated carbocycles. The second-order valence-electron chi connectivity index (χ2n) is 5.61. The molecule has 132 valence electrons. The fraction of sp³-hybridized carbons (Fsp3) is 0.375. The Morgan fingerprint density at radius 1 is 1.40 bits per heavy atom. The van der Waals surface area contributed by atoms with Gasteiger partial charge >= 0.3 is 0 Å². The number of nitrogens with one attached hydrogen (secondary N) is 1. The predicted octanol–water partition coefficient (Wildman–Crippen LogP) is 0.451. The molecule has 1 aromatic rings. The summed E-state index contributed by atoms with van der Waals surface area (Å²) in [6.45, 7) is 2.07. The number of carboxylic acids is 1. The third-order valence-electron chi connectivity index (χ3n) is 3.66. The van der Waals surface area contributed by atoms with Crippen molar-refractivity contribution in [3.05, 3.63) is 23.8 Å². The summed E-state index contributed by atoms with van der Waals surface area (Å²) in [6.07, 6.45) is 1.29. The second-order valence-corrected chi connectivity index (χ2v) is 6.80. The third kappa shape index (κ3) is 4.50. The Balaban J connectivity index is 1.58. The first-order valence-electron chi connectivity index (χ1n) is 7.68. The minimum atomic E-state index is -1.28. The lowest BCUT2D eigenvalue weighted by molar-refractivity contribution is -0.304. The van der Waals surface area contributed by atoms with E-state index >= 15 is 0 Å². The SMILES string of the molecule is C/C(CCc1ccc2c(c1)OCO2)=N/N=C1\NC(=O)C[C@H](C(=O)[O-])S1. The van der Waals surface area contributed by atoms with Gasteiger partial charge in [-0.1, -0.05) is 17.8 Å². The molecular formula is C16H16N3O5S-. The first-order valence-corrected chi connectivity index (χ1v) is 8.56. The van der Waals surface area contributed by atoms with Crippen LogP contribution in [0.1, 0.15) is 25.3 Å². The van der Waals surface area contributed by atoms with Gasteiger partial charge in [0.15, 0.2) is 16.7 Å². The number of aryl methyl sites for hydroxylation is 1. The van der Waals surface area contributed by atoms with Crippen LogP contribution < -0.4 is 19.9 Å². The van der Waals surface area contributed by atoms with Crippen LogP contribution in [0.25, 0.3) is 0 Å². The number of thioether (sulfide) groups is 1. The first kappa shape index (κ1) is 17.3. The quantitative estimate of drug-likeness (QED) is 0.601. The maximum Gasteiger partial charge on any atom is 0.231 e. The summed E-state index contributed by atoms with van der Waals surface area (Å²) in [5.74, 6) is -0.203. The van der Waals surface area contributed by atoms with E-state index in [0.29, 0.717) is 6.42 Å². The van der Waals surface area contributed by atoms with Crippen LogP contribution in [-0.4, -0.2) is 34.8 Å². The van der Waals surface area contributed by atoms with E-state index in [0.717, 1.165) is 41.0 Å². The van der Waals surface area contributed by atoms with Crippen molar-refractivity contribution in [3.8, 4) is 11.5 Å². The van der Waals surface area contributed by atoms with Crippen LogP contribution in [0.3, 0.4) is 0 Å². The zero-order chi connectivity index (χ0) is 17.8. The summed E-state index contributed by atoms with van der Waals surface area (Å²) in [7, 11) is 0. The van der Waals surface area contributed by atoms with Crippen molar-refractivity contribution in [2.75, 3.05) is 6.79 Å². The molecule has 9 heteroatoms. The minimum Gasteiger partial charge on any atom is -0.549 e. The van der Waals surface area contributed by atoms with Crippen molar-refractivity contribution in [3.63, 3.8) is 0 Å². The highest BCUT2D eigenvalue weighted by atomic mass is 32.2. The Hall–Kier alpha value is -2.55. The largest absolute Gasteiger partial charge is 0.549 e. The summed E-state index contributed by atoms with van der Waals surface area (Å²) in [5.41, 5.74) is 1.85. The minimum absolute atomic E-state index is 0.126. The molecule has 0 aromatic heterocycles. The molecule has 1 atom stereocenters. The molecule has 25 heavy (non-hydrogen) atoms. The molecule has 1 saturated heterocycles. The van der Waals surface area contributed by atoms with E-state index in [1.165, 1.54) is 0 Å². The third-order valence-corrected chi connectivity index (χ3v) is 4.71. The molecule has 1 fully saturated rings. The van der Waals surface area contributed by atoms with Gasteiger partial charge in [-0.2, -0.15) is 5.10 Å². The van der Waals surface area contributed by atoms with E-state index < -0.39 is 17.1 Å². The van der Waals surface area contributed by atoms with Gasteiger partial charge in [-0.3, -0.25) is 4.79 Å². The van der Waals surface area contributed by atoms with Crippen molar-refractivity contribution in [1.29, 1.82) is 0 Å². The number of amides is 1. The van der Waals surface area contributed by atoms with Crippen LogP contribution in [-0.2, 0) is 16.0 Å². The number of hydrogen-bond acceptors (Lipinski definition) is 8. The van der Waals surface area contributed by atoms with Crippen LogP contribution in [0.5, 0.6) is 11.5 Å². The van der Waals surface area contributed by atoms with Gasteiger partial charge < -0.3 is 24.7 Å². The standard InChI is InChI=1S/C16H17N3O5S/c1-9(2-3-10-4-5-11-12(6-10)24-8-23-11)18-19-16-17-14(20)7-13(25-16)15(21)22/h4-6,13H,2-3,7-8H2,1H3,(H,21,22)(H,17,19,20)/p-1/b18-9-/t13-/m1/s1. The van der Waals surface area contributed by atoms with E-state index in [1.54, 1.807) is 0 Å². The summed E-state index contributed by atoms with van der Waals surface area (Å²) >= 11 is 0.932. The lowest BCUT2D eigenvalue weighted by atomic mass is 10.1. The first-order chi connectivity index (χ1) is 12.0. The summed E-state index contributed by atoms with van der Waals surface area (Å²) in [6, 6.07) is 5.77. The van der Waals surface area contributed by atoms with Gasteiger partial charge in [-0.15, -0.1) is 5.10 Å². The normalized spacial score (nSPS) is 21.3. The molecule has 0 radical (unpaired) electrons. The number of carboxylic acid groups (broad SMARTS) is 1. The van der Waals surface area contributed by atoms with Gasteiger partial charge in [0, 0.05) is 12.1 Å². The Morgan fingerprint density at radius 2 is 2.20 bits per heavy atom. The molecular weight excluding hydrogens is 346 g/mol. The number of carbonyl (C=O) groups excluding carboxylic acids is 2. The Morgan fingerprint density at radius 3 is 3.00 bits per heavy atom. The number of amidine groups is 1. The maximum atomic E-state index is 11.5. The zero-order valence-electron chi connectivity index (χ0n) is 13.5. The zero-order valence-corrected chi connectivity index (χ0v) is 14.3. The van der Waals surface area contributed by atoms with Gasteiger partial charge in [0.05, 0.1) is 11.2 Å². The number of nitrogens with zero attached hydrogens (tertiary/aromatic N) is 2. The summed E-state index contributed by atoms with van der Waals surface area (Å²) < 4.78 is 10.6. The number of carbonyl (C=O) groups is 2. The molecule has 1 N–H and O–H groups in total. The van der Waals surface area contributed by atoms with E-state index in [9.17, 15) is 14.7 Å². The molecule has 2 aliphatic heterocycles. The predicted molar refractivity (Wildman–Crippen MR) is 90.6 cm³/mol. The van der Waals surface area contributed by atoms with Crippen molar-refractivity contribution in [1.82, 2.24) is 5.32 Å². The number of rotatable bonds is 5. The average Bonchev–Trinajstić information content (AvgIpc) is 3.05. The number of fused-ring (bicyclic) bond motifs is 1. The van der Waals surface area contributed by atoms with Gasteiger partial charge in [0.1, 0.15) is 0 Å². The molecule has 0 spiro atoms. The Kier molecular flexibility index (Phi) is 5.22. The second kappa shape index (κ2) is 7.56. The number of benzene rings is 1. The topological polar surface area (TPSA) is 112 Å². The lowest BCUT2D eigenvalue weighted by Gasteiger charge is -2.22. The lowest BCUT2D eigenvalue weighted by Crippen LogP contribution is -2.44. The molecule has 1 aromatic carbocycles. The Bertz CT molecular complexity index is 762. The van der Waals surface area contributed by atoms with E-state index in [2.05, 4.69) is 15.5 Å². The molecule has 2 heterocycles. The fourth-order valence-electron chi connectivity index (χ4n) is 2.33. The number of hydrogen-bond donors (Lipinski definition) is 1. The number of aliphatic carboxylic acids is 1. The van der Waals surface area contributed by atoms with Crippen molar-refractivity contribution >= 4 is 34.5 Å². The average molecular weight is 362 g/mol. The maximum absolute atomic E-state index is 11.5. The summed E-state index contributed by atoms with van der Waals surface area (Å²) in [5, 5.41) is 20.6. The van der Waals surface area contributed by atoms with Crippen LogP contribution >= 0.6 is 11.8 Å². The van der Waals surface area contributed by atoms with E-state index in [-0.39, 0.29) is 18.4 Å². The van der Waals surface area contributed by atoms with Gasteiger partial charge in [0.25, 0.3) is 0 Å².